The Morgan fingerprint density at radius 3 is 2.65 bits per heavy atom. The van der Waals surface area contributed by atoms with Crippen LogP contribution in [0.15, 0.2) is 48.5 Å². The number of hydrogen-bond acceptors (Lipinski definition) is 4. The molecule has 116 valence electrons. The van der Waals surface area contributed by atoms with Gasteiger partial charge >= 0.3 is 5.97 Å². The second-order valence-electron chi connectivity index (χ2n) is 4.74. The summed E-state index contributed by atoms with van der Waals surface area (Å²) in [5, 5.41) is 11.4. The van der Waals surface area contributed by atoms with Crippen molar-refractivity contribution in [2.24, 2.45) is 0 Å². The Morgan fingerprint density at radius 1 is 1.22 bits per heavy atom. The number of hydrogen-bond donors (Lipinski definition) is 1. The fourth-order valence-corrected chi connectivity index (χ4v) is 1.81. The summed E-state index contributed by atoms with van der Waals surface area (Å²) in [5.41, 5.74) is 0.839. The number of carbonyl (C=O) groups excluding carboxylic acids is 2. The van der Waals surface area contributed by atoms with Gasteiger partial charge < -0.3 is 10.1 Å². The molecule has 6 heteroatoms. The lowest BCUT2D eigenvalue weighted by atomic mass is 10.2. The molecule has 0 radical (unpaired) electrons. The van der Waals surface area contributed by atoms with E-state index in [4.69, 9.17) is 10.00 Å². The minimum atomic E-state index is -1.07. The molecule has 2 aromatic carbocycles. The van der Waals surface area contributed by atoms with E-state index >= 15 is 0 Å². The largest absolute Gasteiger partial charge is 0.449 e. The van der Waals surface area contributed by atoms with Crippen LogP contribution < -0.4 is 5.32 Å². The number of carbonyl (C=O) groups is 2. The molecule has 0 bridgehead atoms. The number of halogens is 1. The van der Waals surface area contributed by atoms with Crippen LogP contribution in [0.25, 0.3) is 0 Å². The lowest BCUT2D eigenvalue weighted by Crippen LogP contribution is -2.30. The fourth-order valence-electron chi connectivity index (χ4n) is 1.81. The van der Waals surface area contributed by atoms with Crippen LogP contribution in [-0.4, -0.2) is 18.0 Å². The Kier molecular flexibility index (Phi) is 5.05. The molecule has 0 aliphatic rings. The predicted molar refractivity (Wildman–Crippen MR) is 81.1 cm³/mol. The molecule has 0 fully saturated rings. The minimum Gasteiger partial charge on any atom is -0.449 e. The van der Waals surface area contributed by atoms with Crippen molar-refractivity contribution in [1.29, 1.82) is 5.26 Å². The van der Waals surface area contributed by atoms with E-state index in [9.17, 15) is 14.0 Å². The zero-order valence-corrected chi connectivity index (χ0v) is 12.2. The number of nitrogens with zero attached hydrogens (tertiary/aromatic N) is 1. The summed E-state index contributed by atoms with van der Waals surface area (Å²) in [4.78, 5) is 23.9. The summed E-state index contributed by atoms with van der Waals surface area (Å²) >= 11 is 0. The third-order valence-corrected chi connectivity index (χ3v) is 2.97. The van der Waals surface area contributed by atoms with Crippen LogP contribution in [0.3, 0.4) is 0 Å². The first-order chi connectivity index (χ1) is 11.0. The van der Waals surface area contributed by atoms with E-state index in [0.29, 0.717) is 11.3 Å². The number of ether oxygens (including phenoxy) is 1. The summed E-state index contributed by atoms with van der Waals surface area (Å²) in [7, 11) is 0. The number of anilines is 1. The summed E-state index contributed by atoms with van der Waals surface area (Å²) in [6.07, 6.45) is -1.07. The van der Waals surface area contributed by atoms with Gasteiger partial charge in [-0.05, 0) is 43.3 Å². The van der Waals surface area contributed by atoms with Crippen molar-refractivity contribution in [2.45, 2.75) is 13.0 Å². The highest BCUT2D eigenvalue weighted by Gasteiger charge is 2.19. The van der Waals surface area contributed by atoms with Gasteiger partial charge in [-0.1, -0.05) is 12.1 Å². The van der Waals surface area contributed by atoms with Gasteiger partial charge in [0.15, 0.2) is 6.10 Å². The second-order valence-corrected chi connectivity index (χ2v) is 4.74. The predicted octanol–water partition coefficient (Wildman–Crippen LogP) is 2.88. The minimum absolute atomic E-state index is 0.0242. The molecular formula is C17H13FN2O3. The molecule has 0 aliphatic carbocycles. The Morgan fingerprint density at radius 2 is 1.96 bits per heavy atom. The smallest absolute Gasteiger partial charge is 0.339 e. The summed E-state index contributed by atoms with van der Waals surface area (Å²) in [5.74, 6) is -1.91. The molecule has 1 atom stereocenters. The van der Waals surface area contributed by atoms with Crippen LogP contribution in [0.1, 0.15) is 22.8 Å². The summed E-state index contributed by atoms with van der Waals surface area (Å²) in [6.45, 7) is 1.40. The highest BCUT2D eigenvalue weighted by Crippen LogP contribution is 2.12. The zero-order valence-electron chi connectivity index (χ0n) is 12.2. The Bertz CT molecular complexity index is 783. The van der Waals surface area contributed by atoms with Crippen LogP contribution in [0.4, 0.5) is 10.1 Å². The van der Waals surface area contributed by atoms with Crippen LogP contribution in [0.2, 0.25) is 0 Å². The van der Waals surface area contributed by atoms with E-state index in [0.717, 1.165) is 6.07 Å². The van der Waals surface area contributed by atoms with Crippen molar-refractivity contribution < 1.29 is 18.7 Å². The molecule has 1 amide bonds. The number of amides is 1. The van der Waals surface area contributed by atoms with Crippen molar-refractivity contribution >= 4 is 17.6 Å². The maximum Gasteiger partial charge on any atom is 0.339 e. The maximum atomic E-state index is 13.1. The summed E-state index contributed by atoms with van der Waals surface area (Å²) in [6, 6.07) is 13.3. The molecule has 0 heterocycles. The number of esters is 1. The van der Waals surface area contributed by atoms with Crippen LogP contribution in [0.5, 0.6) is 0 Å². The second kappa shape index (κ2) is 7.18. The van der Waals surface area contributed by atoms with E-state index in [2.05, 4.69) is 5.32 Å². The molecule has 23 heavy (non-hydrogen) atoms. The van der Waals surface area contributed by atoms with Gasteiger partial charge in [0.25, 0.3) is 5.91 Å². The molecule has 2 rings (SSSR count). The third-order valence-electron chi connectivity index (χ3n) is 2.97. The van der Waals surface area contributed by atoms with Crippen molar-refractivity contribution in [3.8, 4) is 6.07 Å². The average Bonchev–Trinajstić information content (AvgIpc) is 2.54. The normalized spacial score (nSPS) is 11.2. The van der Waals surface area contributed by atoms with E-state index in [1.54, 1.807) is 18.2 Å². The first kappa shape index (κ1) is 16.2. The van der Waals surface area contributed by atoms with Crippen LogP contribution in [0, 0.1) is 17.1 Å². The Hall–Kier alpha value is -3.20. The number of benzene rings is 2. The van der Waals surface area contributed by atoms with Gasteiger partial charge in [-0.25, -0.2) is 9.18 Å². The molecule has 1 N–H and O–H groups in total. The van der Waals surface area contributed by atoms with Gasteiger partial charge in [0.1, 0.15) is 5.82 Å². The van der Waals surface area contributed by atoms with Crippen molar-refractivity contribution in [2.75, 3.05) is 5.32 Å². The zero-order chi connectivity index (χ0) is 16.8. The highest BCUT2D eigenvalue weighted by molar-refractivity contribution is 5.97. The molecule has 0 unspecified atom stereocenters. The lowest BCUT2D eigenvalue weighted by molar-refractivity contribution is -0.123. The quantitative estimate of drug-likeness (QED) is 0.880. The first-order valence-corrected chi connectivity index (χ1v) is 6.77. The highest BCUT2D eigenvalue weighted by atomic mass is 19.1. The molecule has 0 saturated heterocycles. The van der Waals surface area contributed by atoms with E-state index in [1.165, 1.54) is 31.2 Å². The Balaban J connectivity index is 1.99. The van der Waals surface area contributed by atoms with Gasteiger partial charge in [-0.2, -0.15) is 5.26 Å². The SMILES string of the molecule is C[C@@H](OC(=O)c1cccc(F)c1)C(=O)Nc1cccc(C#N)c1. The Labute approximate surface area is 132 Å². The van der Waals surface area contributed by atoms with E-state index < -0.39 is 23.8 Å². The molecule has 0 spiro atoms. The molecule has 0 aromatic heterocycles. The van der Waals surface area contributed by atoms with Crippen molar-refractivity contribution in [1.82, 2.24) is 0 Å². The van der Waals surface area contributed by atoms with Crippen LogP contribution >= 0.6 is 0 Å². The molecule has 0 saturated carbocycles. The molecule has 5 nitrogen and oxygen atoms in total. The number of rotatable bonds is 4. The first-order valence-electron chi connectivity index (χ1n) is 6.77. The monoisotopic (exact) mass is 312 g/mol. The van der Waals surface area contributed by atoms with Gasteiger partial charge in [0, 0.05) is 5.69 Å². The van der Waals surface area contributed by atoms with Gasteiger partial charge in [0.05, 0.1) is 17.2 Å². The third kappa shape index (κ3) is 4.38. The van der Waals surface area contributed by atoms with E-state index in [-0.39, 0.29) is 5.56 Å². The number of nitrogens with one attached hydrogen (secondary N) is 1. The van der Waals surface area contributed by atoms with E-state index in [1.807, 2.05) is 6.07 Å². The molecular weight excluding hydrogens is 299 g/mol. The van der Waals surface area contributed by atoms with Gasteiger partial charge in [-0.3, -0.25) is 4.79 Å². The van der Waals surface area contributed by atoms with Crippen LogP contribution in [-0.2, 0) is 9.53 Å². The summed E-state index contributed by atoms with van der Waals surface area (Å²) < 4.78 is 18.1. The van der Waals surface area contributed by atoms with Crippen molar-refractivity contribution in [3.63, 3.8) is 0 Å². The lowest BCUT2D eigenvalue weighted by Gasteiger charge is -2.13. The topological polar surface area (TPSA) is 79.2 Å². The standard InChI is InChI=1S/C17H13FN2O3/c1-11(23-17(22)13-5-3-6-14(18)9-13)16(21)20-15-7-2-4-12(8-15)10-19/h2-9,11H,1H3,(H,20,21)/t11-/m1/s1. The maximum absolute atomic E-state index is 13.1. The fraction of sp³-hybridized carbons (Fsp3) is 0.118. The number of nitriles is 1. The van der Waals surface area contributed by atoms with Crippen molar-refractivity contribution in [3.05, 3.63) is 65.5 Å². The molecule has 2 aromatic rings. The molecule has 0 aliphatic heterocycles. The van der Waals surface area contributed by atoms with Gasteiger partial charge in [0.2, 0.25) is 0 Å². The van der Waals surface area contributed by atoms with Gasteiger partial charge in [-0.15, -0.1) is 0 Å². The average molecular weight is 312 g/mol.